The van der Waals surface area contributed by atoms with Crippen LogP contribution in [0.3, 0.4) is 0 Å². The number of primary amides is 1. The quantitative estimate of drug-likeness (QED) is 0.879. The molecule has 0 bridgehead atoms. The molecule has 1 aromatic heterocycles. The van der Waals surface area contributed by atoms with Crippen LogP contribution in [0.5, 0.6) is 5.75 Å². The van der Waals surface area contributed by atoms with Gasteiger partial charge in [-0.05, 0) is 42.0 Å². The zero-order valence-electron chi connectivity index (χ0n) is 10.6. The summed E-state index contributed by atoms with van der Waals surface area (Å²) in [6, 6.07) is 11.4. The fourth-order valence-corrected chi connectivity index (χ4v) is 2.79. The summed E-state index contributed by atoms with van der Waals surface area (Å²) in [7, 11) is 1.64. The molecule has 1 unspecified atom stereocenters. The third-order valence-corrected chi connectivity index (χ3v) is 4.05. The van der Waals surface area contributed by atoms with Gasteiger partial charge in [-0.15, -0.1) is 11.3 Å². The van der Waals surface area contributed by atoms with Gasteiger partial charge in [-0.1, -0.05) is 0 Å². The van der Waals surface area contributed by atoms with Crippen molar-refractivity contribution in [2.75, 3.05) is 7.11 Å². The summed E-state index contributed by atoms with van der Waals surface area (Å²) >= 11 is 1.58. The average Bonchev–Trinajstić information content (AvgIpc) is 2.88. The first-order valence-electron chi connectivity index (χ1n) is 5.88. The van der Waals surface area contributed by atoms with E-state index in [-0.39, 0.29) is 18.4 Å². The Bertz CT molecular complexity index is 563. The molecule has 5 heteroatoms. The van der Waals surface area contributed by atoms with Gasteiger partial charge in [0.05, 0.1) is 7.11 Å². The second-order valence-corrected chi connectivity index (χ2v) is 5.32. The molecule has 0 radical (unpaired) electrons. The summed E-state index contributed by atoms with van der Waals surface area (Å²) in [5.74, 6) is 0.442. The van der Waals surface area contributed by atoms with Crippen molar-refractivity contribution in [3.63, 3.8) is 0 Å². The van der Waals surface area contributed by atoms with E-state index < -0.39 is 0 Å². The molecule has 0 aliphatic carbocycles. The smallest absolute Gasteiger partial charge is 0.219 e. The molecule has 1 aromatic carbocycles. The maximum absolute atomic E-state index is 10.9. The van der Waals surface area contributed by atoms with Crippen LogP contribution in [0.4, 0.5) is 0 Å². The Balaban J connectivity index is 2.17. The van der Waals surface area contributed by atoms with Crippen molar-refractivity contribution >= 4 is 17.2 Å². The van der Waals surface area contributed by atoms with E-state index in [0.717, 1.165) is 21.1 Å². The normalized spacial score (nSPS) is 12.1. The van der Waals surface area contributed by atoms with E-state index in [2.05, 4.69) is 0 Å². The van der Waals surface area contributed by atoms with E-state index >= 15 is 0 Å². The molecule has 0 spiro atoms. The van der Waals surface area contributed by atoms with Crippen molar-refractivity contribution in [1.29, 1.82) is 0 Å². The zero-order valence-corrected chi connectivity index (χ0v) is 11.4. The predicted molar refractivity (Wildman–Crippen MR) is 77.0 cm³/mol. The van der Waals surface area contributed by atoms with Gasteiger partial charge in [0.25, 0.3) is 0 Å². The molecule has 4 nitrogen and oxygen atoms in total. The summed E-state index contributed by atoms with van der Waals surface area (Å²) < 4.78 is 5.12. The Kier molecular flexibility index (Phi) is 4.19. The Morgan fingerprint density at radius 3 is 2.53 bits per heavy atom. The number of rotatable bonds is 5. The van der Waals surface area contributed by atoms with E-state index in [1.165, 1.54) is 0 Å². The second-order valence-electron chi connectivity index (χ2n) is 4.21. The number of amides is 1. The lowest BCUT2D eigenvalue weighted by molar-refractivity contribution is -0.118. The van der Waals surface area contributed by atoms with E-state index in [4.69, 9.17) is 16.2 Å². The van der Waals surface area contributed by atoms with Crippen molar-refractivity contribution in [3.8, 4) is 16.2 Å². The standard InChI is InChI=1S/C14H16N2O2S/c1-18-10-4-2-9(3-5-10)12-6-7-13(19-12)11(15)8-14(16)17/h2-7,11H,8,15H2,1H3,(H2,16,17). The second kappa shape index (κ2) is 5.86. The SMILES string of the molecule is COc1ccc(-c2ccc(C(N)CC(N)=O)s2)cc1. The molecule has 0 saturated heterocycles. The maximum atomic E-state index is 10.9. The van der Waals surface area contributed by atoms with Crippen LogP contribution >= 0.6 is 11.3 Å². The molecular weight excluding hydrogens is 260 g/mol. The topological polar surface area (TPSA) is 78.3 Å². The number of hydrogen-bond donors (Lipinski definition) is 2. The molecule has 1 amide bonds. The minimum atomic E-state index is -0.383. The summed E-state index contributed by atoms with van der Waals surface area (Å²) in [6.07, 6.45) is 0.169. The molecule has 0 saturated carbocycles. The number of ether oxygens (including phenoxy) is 1. The number of hydrogen-bond acceptors (Lipinski definition) is 4. The first-order valence-corrected chi connectivity index (χ1v) is 6.70. The summed E-state index contributed by atoms with van der Waals surface area (Å²) in [5.41, 5.74) is 12.2. The van der Waals surface area contributed by atoms with Crippen molar-refractivity contribution < 1.29 is 9.53 Å². The van der Waals surface area contributed by atoms with Crippen molar-refractivity contribution in [3.05, 3.63) is 41.3 Å². The van der Waals surface area contributed by atoms with Gasteiger partial charge in [-0.25, -0.2) is 0 Å². The van der Waals surface area contributed by atoms with Gasteiger partial charge in [0, 0.05) is 22.2 Å². The number of thiophene rings is 1. The molecular formula is C14H16N2O2S. The number of nitrogens with two attached hydrogens (primary N) is 2. The van der Waals surface area contributed by atoms with E-state index in [1.54, 1.807) is 18.4 Å². The van der Waals surface area contributed by atoms with Crippen molar-refractivity contribution in [1.82, 2.24) is 0 Å². The van der Waals surface area contributed by atoms with Crippen LogP contribution in [0.1, 0.15) is 17.3 Å². The van der Waals surface area contributed by atoms with Crippen LogP contribution in [0.2, 0.25) is 0 Å². The van der Waals surface area contributed by atoms with Crippen LogP contribution < -0.4 is 16.2 Å². The third-order valence-electron chi connectivity index (χ3n) is 2.79. The number of carbonyl (C=O) groups is 1. The number of carbonyl (C=O) groups excluding carboxylic acids is 1. The molecule has 0 aliphatic heterocycles. The lowest BCUT2D eigenvalue weighted by Gasteiger charge is -2.05. The largest absolute Gasteiger partial charge is 0.497 e. The molecule has 2 aromatic rings. The Morgan fingerprint density at radius 1 is 1.26 bits per heavy atom. The van der Waals surface area contributed by atoms with E-state index in [9.17, 15) is 4.79 Å². The summed E-state index contributed by atoms with van der Waals surface area (Å²) in [4.78, 5) is 12.9. The van der Waals surface area contributed by atoms with Gasteiger partial charge >= 0.3 is 0 Å². The summed E-state index contributed by atoms with van der Waals surface area (Å²) in [5, 5.41) is 0. The monoisotopic (exact) mass is 276 g/mol. The fraction of sp³-hybridized carbons (Fsp3) is 0.214. The highest BCUT2D eigenvalue weighted by Gasteiger charge is 2.12. The number of benzene rings is 1. The van der Waals surface area contributed by atoms with Crippen molar-refractivity contribution in [2.24, 2.45) is 11.5 Å². The Morgan fingerprint density at radius 2 is 1.95 bits per heavy atom. The minimum absolute atomic E-state index is 0.169. The molecule has 1 heterocycles. The summed E-state index contributed by atoms with van der Waals surface area (Å²) in [6.45, 7) is 0. The number of methoxy groups -OCH3 is 1. The van der Waals surface area contributed by atoms with Gasteiger partial charge in [-0.2, -0.15) is 0 Å². The fourth-order valence-electron chi connectivity index (χ4n) is 1.78. The lowest BCUT2D eigenvalue weighted by Crippen LogP contribution is -2.19. The highest BCUT2D eigenvalue weighted by Crippen LogP contribution is 2.32. The van der Waals surface area contributed by atoms with Crippen LogP contribution in [0, 0.1) is 0 Å². The van der Waals surface area contributed by atoms with Crippen LogP contribution in [0.15, 0.2) is 36.4 Å². The zero-order chi connectivity index (χ0) is 13.8. The van der Waals surface area contributed by atoms with E-state index in [1.807, 2.05) is 36.4 Å². The van der Waals surface area contributed by atoms with Crippen LogP contribution in [-0.2, 0) is 4.79 Å². The average molecular weight is 276 g/mol. The molecule has 1 atom stereocenters. The first-order chi connectivity index (χ1) is 9.10. The van der Waals surface area contributed by atoms with Gasteiger partial charge in [0.15, 0.2) is 0 Å². The van der Waals surface area contributed by atoms with Crippen LogP contribution in [-0.4, -0.2) is 13.0 Å². The molecule has 100 valence electrons. The van der Waals surface area contributed by atoms with Gasteiger partial charge < -0.3 is 16.2 Å². The molecule has 0 aliphatic rings. The molecule has 0 fully saturated rings. The van der Waals surface area contributed by atoms with Crippen LogP contribution in [0.25, 0.3) is 10.4 Å². The molecule has 4 N–H and O–H groups in total. The van der Waals surface area contributed by atoms with Gasteiger partial charge in [0.2, 0.25) is 5.91 Å². The Hall–Kier alpha value is -1.85. The maximum Gasteiger partial charge on any atom is 0.219 e. The highest BCUT2D eigenvalue weighted by atomic mass is 32.1. The van der Waals surface area contributed by atoms with Gasteiger partial charge in [0.1, 0.15) is 5.75 Å². The third kappa shape index (κ3) is 3.33. The van der Waals surface area contributed by atoms with Crippen molar-refractivity contribution in [2.45, 2.75) is 12.5 Å². The van der Waals surface area contributed by atoms with Gasteiger partial charge in [-0.3, -0.25) is 4.79 Å². The van der Waals surface area contributed by atoms with E-state index in [0.29, 0.717) is 0 Å². The predicted octanol–water partition coefficient (Wildman–Crippen LogP) is 2.30. The first kappa shape index (κ1) is 13.6. The molecule has 19 heavy (non-hydrogen) atoms. The minimum Gasteiger partial charge on any atom is -0.497 e. The lowest BCUT2D eigenvalue weighted by atomic mass is 10.1. The highest BCUT2D eigenvalue weighted by molar-refractivity contribution is 7.15. The Labute approximate surface area is 116 Å². The molecule has 2 rings (SSSR count).